The summed E-state index contributed by atoms with van der Waals surface area (Å²) in [6.45, 7) is 11.7. The van der Waals surface area contributed by atoms with Crippen molar-refractivity contribution in [2.45, 2.75) is 71.1 Å². The number of hydrogen-bond acceptors (Lipinski definition) is 6. The van der Waals surface area contributed by atoms with E-state index in [9.17, 15) is 14.4 Å². The zero-order valence-electron chi connectivity index (χ0n) is 23.2. The number of hydrogen-bond donors (Lipinski definition) is 2. The summed E-state index contributed by atoms with van der Waals surface area (Å²) >= 11 is 1.20. The van der Waals surface area contributed by atoms with Gasteiger partial charge in [-0.3, -0.25) is 4.79 Å². The van der Waals surface area contributed by atoms with E-state index in [4.69, 9.17) is 9.47 Å². The van der Waals surface area contributed by atoms with Gasteiger partial charge in [0.15, 0.2) is 0 Å². The van der Waals surface area contributed by atoms with Gasteiger partial charge in [0.05, 0.1) is 7.11 Å². The van der Waals surface area contributed by atoms with Crippen molar-refractivity contribution in [3.8, 4) is 11.2 Å². The lowest BCUT2D eigenvalue weighted by atomic mass is 9.87. The summed E-state index contributed by atoms with van der Waals surface area (Å²) in [5.41, 5.74) is 2.25. The lowest BCUT2D eigenvalue weighted by molar-refractivity contribution is -0.144. The van der Waals surface area contributed by atoms with Crippen LogP contribution in [0.2, 0.25) is 0 Å². The molecule has 0 saturated heterocycles. The molecule has 2 aromatic rings. The summed E-state index contributed by atoms with van der Waals surface area (Å²) in [6.07, 6.45) is -0.502. The number of thioether (sulfide) groups is 1. The smallest absolute Gasteiger partial charge is 0.408 e. The summed E-state index contributed by atoms with van der Waals surface area (Å²) in [5, 5.41) is 8.32. The maximum Gasteiger partial charge on any atom is 0.408 e. The van der Waals surface area contributed by atoms with E-state index in [-0.39, 0.29) is 17.6 Å². The summed E-state index contributed by atoms with van der Waals surface area (Å²) in [7, 11) is 1.26. The molecule has 0 unspecified atom stereocenters. The average Bonchev–Trinajstić information content (AvgIpc) is 2.84. The van der Waals surface area contributed by atoms with Crippen LogP contribution in [0.15, 0.2) is 54.6 Å². The highest BCUT2D eigenvalue weighted by Gasteiger charge is 2.29. The van der Waals surface area contributed by atoms with E-state index in [1.807, 2.05) is 42.5 Å². The topological polar surface area (TPSA) is 93.7 Å². The predicted molar refractivity (Wildman–Crippen MR) is 152 cm³/mol. The molecule has 7 nitrogen and oxygen atoms in total. The van der Waals surface area contributed by atoms with Gasteiger partial charge in [-0.2, -0.15) is 0 Å². The largest absolute Gasteiger partial charge is 0.467 e. The monoisotopic (exact) mass is 538 g/mol. The number of amides is 2. The van der Waals surface area contributed by atoms with Crippen LogP contribution in [0, 0.1) is 11.2 Å². The number of carbonyl (C=O) groups excluding carboxylic acids is 3. The SMILES string of the molecule is COC(=O)[C@H](CSC#Cc1ccc(C(C)(C)C)cc1)NC(=O)[C@H](Cc1ccccc1)NC(=O)OC(C)(C)C. The van der Waals surface area contributed by atoms with Crippen molar-refractivity contribution in [1.29, 1.82) is 0 Å². The molecule has 0 saturated carbocycles. The van der Waals surface area contributed by atoms with Gasteiger partial charge in [0.2, 0.25) is 5.91 Å². The molecule has 2 amide bonds. The standard InChI is InChI=1S/C30H38N2O5S/c1-29(2,3)23-15-13-21(14-16-23)17-18-38-20-25(27(34)36-7)31-26(33)24(19-22-11-9-8-10-12-22)32-28(35)37-30(4,5)6/h8-16,24-25H,19-20H2,1-7H3,(H,31,33)(H,32,35)/t24-,25-/m0/s1. The lowest BCUT2D eigenvalue weighted by Crippen LogP contribution is -2.54. The van der Waals surface area contributed by atoms with E-state index in [1.165, 1.54) is 24.4 Å². The maximum atomic E-state index is 13.2. The number of nitrogens with one attached hydrogen (secondary N) is 2. The minimum absolute atomic E-state index is 0.0589. The number of esters is 1. The van der Waals surface area contributed by atoms with Crippen LogP contribution in [0.3, 0.4) is 0 Å². The molecule has 0 spiro atoms. The highest BCUT2D eigenvalue weighted by Crippen LogP contribution is 2.22. The molecule has 2 N–H and O–H groups in total. The molecule has 0 fully saturated rings. The van der Waals surface area contributed by atoms with Gasteiger partial charge in [-0.15, -0.1) is 0 Å². The van der Waals surface area contributed by atoms with Gasteiger partial charge in [0.25, 0.3) is 0 Å². The third-order valence-corrected chi connectivity index (χ3v) is 6.11. The lowest BCUT2D eigenvalue weighted by Gasteiger charge is -2.24. The first-order valence-corrected chi connectivity index (χ1v) is 13.4. The zero-order valence-corrected chi connectivity index (χ0v) is 24.0. The fraction of sp³-hybridized carbons (Fsp3) is 0.433. The Bertz CT molecular complexity index is 1140. The van der Waals surface area contributed by atoms with Gasteiger partial charge in [0, 0.05) is 17.7 Å². The van der Waals surface area contributed by atoms with Crippen molar-refractivity contribution in [2.24, 2.45) is 0 Å². The van der Waals surface area contributed by atoms with Gasteiger partial charge < -0.3 is 20.1 Å². The van der Waals surface area contributed by atoms with E-state index >= 15 is 0 Å². The normalized spacial score (nSPS) is 12.8. The fourth-order valence-electron chi connectivity index (χ4n) is 3.37. The van der Waals surface area contributed by atoms with Gasteiger partial charge in [-0.1, -0.05) is 80.9 Å². The Hall–Kier alpha value is -3.44. The number of ether oxygens (including phenoxy) is 2. The Labute approximate surface area is 230 Å². The Morgan fingerprint density at radius 3 is 2.08 bits per heavy atom. The summed E-state index contributed by atoms with van der Waals surface area (Å²) in [5.74, 6) is 2.12. The Balaban J connectivity index is 2.09. The Kier molecular flexibility index (Phi) is 11.3. The summed E-state index contributed by atoms with van der Waals surface area (Å²) in [4.78, 5) is 38.1. The van der Waals surface area contributed by atoms with Gasteiger partial charge in [-0.25, -0.2) is 9.59 Å². The molecule has 0 radical (unpaired) electrons. The van der Waals surface area contributed by atoms with E-state index in [1.54, 1.807) is 20.8 Å². The van der Waals surface area contributed by atoms with Crippen LogP contribution in [-0.2, 0) is 30.9 Å². The van der Waals surface area contributed by atoms with Gasteiger partial charge in [-0.05, 0) is 54.7 Å². The van der Waals surface area contributed by atoms with E-state index in [0.29, 0.717) is 0 Å². The highest BCUT2D eigenvalue weighted by atomic mass is 32.2. The molecule has 2 atom stereocenters. The van der Waals surface area contributed by atoms with Crippen LogP contribution in [0.1, 0.15) is 58.2 Å². The van der Waals surface area contributed by atoms with Crippen LogP contribution in [0.5, 0.6) is 0 Å². The third kappa shape index (κ3) is 10.9. The molecule has 0 aliphatic carbocycles. The quantitative estimate of drug-likeness (QED) is 0.370. The van der Waals surface area contributed by atoms with Crippen molar-refractivity contribution in [3.05, 3.63) is 71.3 Å². The van der Waals surface area contributed by atoms with Crippen LogP contribution in [0.25, 0.3) is 0 Å². The number of benzene rings is 2. The third-order valence-electron chi connectivity index (χ3n) is 5.36. The number of rotatable bonds is 8. The van der Waals surface area contributed by atoms with E-state index < -0.39 is 35.7 Å². The average molecular weight is 539 g/mol. The predicted octanol–water partition coefficient (Wildman–Crippen LogP) is 4.82. The molecule has 0 aromatic heterocycles. The molecule has 2 rings (SSSR count). The first kappa shape index (κ1) is 30.8. The molecule has 0 heterocycles. The van der Waals surface area contributed by atoms with Crippen LogP contribution in [-0.4, -0.2) is 48.5 Å². The fourth-order valence-corrected chi connectivity index (χ4v) is 4.03. The first-order valence-electron chi connectivity index (χ1n) is 12.4. The number of carbonyl (C=O) groups is 3. The maximum absolute atomic E-state index is 13.2. The summed E-state index contributed by atoms with van der Waals surface area (Å²) in [6, 6.07) is 15.4. The molecule has 204 valence electrons. The van der Waals surface area contributed by atoms with Crippen LogP contribution in [0.4, 0.5) is 4.79 Å². The van der Waals surface area contributed by atoms with E-state index in [2.05, 4.69) is 54.7 Å². The van der Waals surface area contributed by atoms with Gasteiger partial charge >= 0.3 is 12.1 Å². The van der Waals surface area contributed by atoms with Crippen LogP contribution >= 0.6 is 11.8 Å². The van der Waals surface area contributed by atoms with E-state index in [0.717, 1.165) is 11.1 Å². The molecule has 0 aliphatic rings. The molecular weight excluding hydrogens is 500 g/mol. The Morgan fingerprint density at radius 1 is 0.895 bits per heavy atom. The second kappa shape index (κ2) is 13.9. The minimum Gasteiger partial charge on any atom is -0.467 e. The van der Waals surface area contributed by atoms with Crippen molar-refractivity contribution < 1.29 is 23.9 Å². The first-order chi connectivity index (χ1) is 17.8. The molecule has 0 bridgehead atoms. The molecule has 8 heteroatoms. The van der Waals surface area contributed by atoms with Crippen molar-refractivity contribution in [2.75, 3.05) is 12.9 Å². The highest BCUT2D eigenvalue weighted by molar-refractivity contribution is 8.03. The molecular formula is C30H38N2O5S. The molecule has 0 aliphatic heterocycles. The number of methoxy groups -OCH3 is 1. The summed E-state index contributed by atoms with van der Waals surface area (Å²) < 4.78 is 10.2. The molecule has 38 heavy (non-hydrogen) atoms. The Morgan fingerprint density at radius 2 is 1.53 bits per heavy atom. The van der Waals surface area contributed by atoms with Crippen LogP contribution < -0.4 is 10.6 Å². The van der Waals surface area contributed by atoms with Crippen molar-refractivity contribution in [3.63, 3.8) is 0 Å². The van der Waals surface area contributed by atoms with Crippen molar-refractivity contribution >= 4 is 29.7 Å². The molecule has 2 aromatic carbocycles. The van der Waals surface area contributed by atoms with Gasteiger partial charge in [0.1, 0.15) is 17.7 Å². The second-order valence-corrected chi connectivity index (χ2v) is 11.7. The van der Waals surface area contributed by atoms with Crippen molar-refractivity contribution in [1.82, 2.24) is 10.6 Å². The second-order valence-electron chi connectivity index (χ2n) is 10.8. The zero-order chi connectivity index (χ0) is 28.3. The number of alkyl carbamates (subject to hydrolysis) is 1. The minimum atomic E-state index is -0.961.